The van der Waals surface area contributed by atoms with Gasteiger partial charge in [-0.2, -0.15) is 15.0 Å². The molecule has 6 nitrogen and oxygen atoms in total. The fourth-order valence-corrected chi connectivity index (χ4v) is 2.42. The van der Waals surface area contributed by atoms with Crippen molar-refractivity contribution in [2.24, 2.45) is 5.92 Å². The lowest BCUT2D eigenvalue weighted by Gasteiger charge is -2.26. The predicted octanol–water partition coefficient (Wildman–Crippen LogP) is 2.23. The van der Waals surface area contributed by atoms with Crippen molar-refractivity contribution in [1.82, 2.24) is 15.0 Å². The number of carbonyl (C=O) groups is 1. The minimum absolute atomic E-state index is 0.0386. The molecular formula is C10H12Cl2N4O2. The van der Waals surface area contributed by atoms with E-state index in [1.807, 2.05) is 0 Å². The Hall–Kier alpha value is -1.14. The molecule has 0 aromatic carbocycles. The molecule has 2 rings (SSSR count). The zero-order valence-corrected chi connectivity index (χ0v) is 10.9. The van der Waals surface area contributed by atoms with Crippen molar-refractivity contribution in [2.45, 2.75) is 31.7 Å². The van der Waals surface area contributed by atoms with Crippen LogP contribution in [0.2, 0.25) is 10.6 Å². The summed E-state index contributed by atoms with van der Waals surface area (Å²) in [6.45, 7) is 0. The summed E-state index contributed by atoms with van der Waals surface area (Å²) in [6, 6.07) is 0.148. The van der Waals surface area contributed by atoms with Gasteiger partial charge in [0.1, 0.15) is 0 Å². The lowest BCUT2D eigenvalue weighted by atomic mass is 9.86. The molecule has 2 N–H and O–H groups in total. The second-order valence-corrected chi connectivity index (χ2v) is 4.90. The fourth-order valence-electron chi connectivity index (χ4n) is 2.06. The van der Waals surface area contributed by atoms with Gasteiger partial charge in [0.05, 0.1) is 5.92 Å². The largest absolute Gasteiger partial charge is 0.481 e. The van der Waals surface area contributed by atoms with Gasteiger partial charge in [-0.1, -0.05) is 0 Å². The highest BCUT2D eigenvalue weighted by Crippen LogP contribution is 2.26. The number of hydrogen-bond donors (Lipinski definition) is 2. The third-order valence-corrected chi connectivity index (χ3v) is 3.33. The summed E-state index contributed by atoms with van der Waals surface area (Å²) < 4.78 is 0. The fraction of sp³-hybridized carbons (Fsp3) is 0.600. The number of rotatable bonds is 3. The number of aliphatic carboxylic acids is 1. The first kappa shape index (κ1) is 13.3. The van der Waals surface area contributed by atoms with Crippen molar-refractivity contribution >= 4 is 35.1 Å². The molecule has 1 heterocycles. The van der Waals surface area contributed by atoms with Crippen molar-refractivity contribution in [3.63, 3.8) is 0 Å². The predicted molar refractivity (Wildman–Crippen MR) is 66.9 cm³/mol. The normalized spacial score (nSPS) is 23.7. The average molecular weight is 291 g/mol. The SMILES string of the molecule is O=C(O)C1CCC(Nc2nc(Cl)nc(Cl)n2)CC1. The molecular weight excluding hydrogens is 279 g/mol. The van der Waals surface area contributed by atoms with Gasteiger partial charge in [0.25, 0.3) is 0 Å². The van der Waals surface area contributed by atoms with Crippen LogP contribution in [0.3, 0.4) is 0 Å². The highest BCUT2D eigenvalue weighted by Gasteiger charge is 2.26. The lowest BCUT2D eigenvalue weighted by Crippen LogP contribution is -2.29. The molecule has 98 valence electrons. The Morgan fingerprint density at radius 1 is 1.11 bits per heavy atom. The molecule has 1 aliphatic carbocycles. The molecule has 0 atom stereocenters. The van der Waals surface area contributed by atoms with Gasteiger partial charge in [0.15, 0.2) is 0 Å². The summed E-state index contributed by atoms with van der Waals surface area (Å²) in [5.74, 6) is -0.632. The third-order valence-electron chi connectivity index (χ3n) is 2.99. The van der Waals surface area contributed by atoms with E-state index < -0.39 is 5.97 Å². The summed E-state index contributed by atoms with van der Waals surface area (Å²) in [5, 5.41) is 12.1. The molecule has 1 aromatic rings. The Bertz CT molecular complexity index is 429. The Morgan fingerprint density at radius 3 is 2.17 bits per heavy atom. The van der Waals surface area contributed by atoms with E-state index in [1.54, 1.807) is 0 Å². The molecule has 1 saturated carbocycles. The first-order valence-corrected chi connectivity index (χ1v) is 6.36. The Labute approximate surface area is 114 Å². The summed E-state index contributed by atoms with van der Waals surface area (Å²) in [4.78, 5) is 22.3. The molecule has 0 radical (unpaired) electrons. The van der Waals surface area contributed by atoms with Crippen LogP contribution in [-0.2, 0) is 4.79 Å². The maximum atomic E-state index is 10.8. The van der Waals surface area contributed by atoms with Gasteiger partial charge in [-0.15, -0.1) is 0 Å². The van der Waals surface area contributed by atoms with Crippen LogP contribution in [0, 0.1) is 5.92 Å². The highest BCUT2D eigenvalue weighted by molar-refractivity contribution is 6.31. The molecule has 1 fully saturated rings. The van der Waals surface area contributed by atoms with Crippen LogP contribution in [0.25, 0.3) is 0 Å². The van der Waals surface area contributed by atoms with Crippen LogP contribution in [0.5, 0.6) is 0 Å². The van der Waals surface area contributed by atoms with E-state index in [-0.39, 0.29) is 22.5 Å². The lowest BCUT2D eigenvalue weighted by molar-refractivity contribution is -0.142. The van der Waals surface area contributed by atoms with Gasteiger partial charge in [-0.25, -0.2) is 0 Å². The summed E-state index contributed by atoms with van der Waals surface area (Å²) in [7, 11) is 0. The molecule has 8 heteroatoms. The summed E-state index contributed by atoms with van der Waals surface area (Å²) in [5.41, 5.74) is 0. The number of halogens is 2. The number of nitrogens with one attached hydrogen (secondary N) is 1. The van der Waals surface area contributed by atoms with Gasteiger partial charge in [-0.3, -0.25) is 4.79 Å². The van der Waals surface area contributed by atoms with Crippen LogP contribution in [-0.4, -0.2) is 32.1 Å². The van der Waals surface area contributed by atoms with Crippen molar-refractivity contribution in [2.75, 3.05) is 5.32 Å². The second-order valence-electron chi connectivity index (χ2n) is 4.23. The minimum Gasteiger partial charge on any atom is -0.481 e. The van der Waals surface area contributed by atoms with E-state index in [2.05, 4.69) is 20.3 Å². The Kier molecular flexibility index (Phi) is 4.19. The zero-order valence-electron chi connectivity index (χ0n) is 9.44. The molecule has 0 saturated heterocycles. The van der Waals surface area contributed by atoms with E-state index in [4.69, 9.17) is 28.3 Å². The first-order chi connectivity index (χ1) is 8.54. The second kappa shape index (κ2) is 5.67. The topological polar surface area (TPSA) is 88.0 Å². The van der Waals surface area contributed by atoms with E-state index in [0.29, 0.717) is 18.8 Å². The van der Waals surface area contributed by atoms with Crippen LogP contribution in [0.4, 0.5) is 5.95 Å². The number of carboxylic acid groups (broad SMARTS) is 1. The maximum absolute atomic E-state index is 10.8. The first-order valence-electron chi connectivity index (χ1n) is 5.61. The average Bonchev–Trinajstić information content (AvgIpc) is 2.28. The Morgan fingerprint density at radius 2 is 1.67 bits per heavy atom. The number of hydrogen-bond acceptors (Lipinski definition) is 5. The van der Waals surface area contributed by atoms with Gasteiger partial charge < -0.3 is 10.4 Å². The van der Waals surface area contributed by atoms with Gasteiger partial charge in [0, 0.05) is 6.04 Å². The standard InChI is InChI=1S/C10H12Cl2N4O2/c11-8-14-9(12)16-10(15-8)13-6-3-1-5(2-4-6)7(17)18/h5-6H,1-4H2,(H,17,18)(H,13,14,15,16). The highest BCUT2D eigenvalue weighted by atomic mass is 35.5. The smallest absolute Gasteiger partial charge is 0.306 e. The number of carboxylic acids is 1. The van der Waals surface area contributed by atoms with Gasteiger partial charge in [0.2, 0.25) is 16.5 Å². The molecule has 18 heavy (non-hydrogen) atoms. The number of nitrogens with zero attached hydrogens (tertiary/aromatic N) is 3. The number of aromatic nitrogens is 3. The van der Waals surface area contributed by atoms with Crippen molar-refractivity contribution < 1.29 is 9.90 Å². The van der Waals surface area contributed by atoms with Crippen molar-refractivity contribution in [3.05, 3.63) is 10.6 Å². The molecule has 0 unspecified atom stereocenters. The van der Waals surface area contributed by atoms with Crippen LogP contribution in [0.15, 0.2) is 0 Å². The molecule has 0 aliphatic heterocycles. The molecule has 0 bridgehead atoms. The van der Waals surface area contributed by atoms with E-state index in [9.17, 15) is 4.79 Å². The van der Waals surface area contributed by atoms with Crippen LogP contribution >= 0.6 is 23.2 Å². The Balaban J connectivity index is 1.93. The minimum atomic E-state index is -0.722. The monoisotopic (exact) mass is 290 g/mol. The van der Waals surface area contributed by atoms with E-state index >= 15 is 0 Å². The summed E-state index contributed by atoms with van der Waals surface area (Å²) >= 11 is 11.3. The van der Waals surface area contributed by atoms with Gasteiger partial charge in [-0.05, 0) is 48.9 Å². The van der Waals surface area contributed by atoms with E-state index in [1.165, 1.54) is 0 Å². The molecule has 0 amide bonds. The van der Waals surface area contributed by atoms with Crippen molar-refractivity contribution in [3.8, 4) is 0 Å². The third kappa shape index (κ3) is 3.43. The van der Waals surface area contributed by atoms with E-state index in [0.717, 1.165) is 12.8 Å². The maximum Gasteiger partial charge on any atom is 0.306 e. The van der Waals surface area contributed by atoms with Crippen LogP contribution in [0.1, 0.15) is 25.7 Å². The quantitative estimate of drug-likeness (QED) is 0.888. The molecule has 0 spiro atoms. The zero-order chi connectivity index (χ0) is 13.1. The van der Waals surface area contributed by atoms with Crippen LogP contribution < -0.4 is 5.32 Å². The molecule has 1 aromatic heterocycles. The van der Waals surface area contributed by atoms with Gasteiger partial charge >= 0.3 is 5.97 Å². The summed E-state index contributed by atoms with van der Waals surface area (Å²) in [6.07, 6.45) is 2.83. The number of anilines is 1. The van der Waals surface area contributed by atoms with Crippen molar-refractivity contribution in [1.29, 1.82) is 0 Å². The molecule has 1 aliphatic rings.